The third-order valence-corrected chi connectivity index (χ3v) is 4.48. The van der Waals surface area contributed by atoms with E-state index in [1.165, 1.54) is 0 Å². The Morgan fingerprint density at radius 3 is 2.12 bits per heavy atom. The fourth-order valence-corrected chi connectivity index (χ4v) is 2.59. The van der Waals surface area contributed by atoms with E-state index in [1.807, 2.05) is 5.32 Å². The lowest BCUT2D eigenvalue weighted by Crippen LogP contribution is -2.52. The van der Waals surface area contributed by atoms with Crippen LogP contribution in [-0.2, 0) is 0 Å². The summed E-state index contributed by atoms with van der Waals surface area (Å²) in [4.78, 5) is 43.2. The Hall–Kier alpha value is -4.50. The number of anilines is 2. The number of benzene rings is 2. The van der Waals surface area contributed by atoms with Crippen molar-refractivity contribution < 1.29 is 37.0 Å². The van der Waals surface area contributed by atoms with Gasteiger partial charge in [0, 0.05) is 29.4 Å². The highest BCUT2D eigenvalue weighted by molar-refractivity contribution is 5.99. The minimum absolute atomic E-state index is 0.308. The lowest BCUT2D eigenvalue weighted by Gasteiger charge is -2.27. The number of nitrogen functional groups attached to an aromatic ring is 1. The zero-order valence-electron chi connectivity index (χ0n) is 16.9. The number of carbonyl (C=O) groups excluding carboxylic acids is 2. The van der Waals surface area contributed by atoms with Crippen molar-refractivity contribution in [3.63, 3.8) is 0 Å². The molecule has 34 heavy (non-hydrogen) atoms. The summed E-state index contributed by atoms with van der Waals surface area (Å²) in [6.07, 6.45) is 0. The predicted molar refractivity (Wildman–Crippen MR) is 110 cm³/mol. The first-order valence-corrected chi connectivity index (χ1v) is 9.06. The molecule has 2 aromatic rings. The summed E-state index contributed by atoms with van der Waals surface area (Å²) in [7, 11) is 0. The summed E-state index contributed by atoms with van der Waals surface area (Å²) >= 11 is 0. The molecule has 2 rings (SSSR count). The van der Waals surface area contributed by atoms with E-state index in [1.54, 1.807) is 5.32 Å². The molecule has 0 aliphatic carbocycles. The lowest BCUT2D eigenvalue weighted by molar-refractivity contribution is -0.384. The van der Waals surface area contributed by atoms with Crippen molar-refractivity contribution in [1.82, 2.24) is 5.32 Å². The summed E-state index contributed by atoms with van der Waals surface area (Å²) in [5, 5.41) is 25.3. The number of rotatable bonds is 10. The Morgan fingerprint density at radius 1 is 0.941 bits per heavy atom. The molecule has 0 aromatic heterocycles. The number of hydrogen-bond acceptors (Lipinski definition) is 8. The van der Waals surface area contributed by atoms with Crippen molar-refractivity contribution in [1.29, 1.82) is 0 Å². The van der Waals surface area contributed by atoms with Crippen LogP contribution in [0.4, 0.5) is 40.3 Å². The fourth-order valence-electron chi connectivity index (χ4n) is 2.59. The van der Waals surface area contributed by atoms with Crippen LogP contribution in [0.15, 0.2) is 36.4 Å². The summed E-state index contributed by atoms with van der Waals surface area (Å²) in [6, 6.07) is 5.12. The molecule has 0 aliphatic rings. The molecule has 12 nitrogen and oxygen atoms in total. The van der Waals surface area contributed by atoms with Gasteiger partial charge < -0.3 is 22.1 Å². The molecule has 0 saturated heterocycles. The second-order valence-corrected chi connectivity index (χ2v) is 6.83. The summed E-state index contributed by atoms with van der Waals surface area (Å²) in [5.41, 5.74) is 7.26. The average molecular weight is 488 g/mol. The summed E-state index contributed by atoms with van der Waals surface area (Å²) in [5.74, 6) is -12.1. The first kappa shape index (κ1) is 25.8. The van der Waals surface area contributed by atoms with E-state index >= 15 is 0 Å². The van der Waals surface area contributed by atoms with Gasteiger partial charge in [-0.25, -0.2) is 0 Å². The molecule has 0 bridgehead atoms. The smallest absolute Gasteiger partial charge is 0.328 e. The highest BCUT2D eigenvalue weighted by Gasteiger charge is 2.56. The monoisotopic (exact) mass is 488 g/mol. The third-order valence-electron chi connectivity index (χ3n) is 4.48. The van der Waals surface area contributed by atoms with Gasteiger partial charge in [0.15, 0.2) is 0 Å². The number of primary amides is 1. The molecule has 0 heterocycles. The van der Waals surface area contributed by atoms with Crippen molar-refractivity contribution in [3.05, 3.63) is 67.8 Å². The maximum absolute atomic E-state index is 14.2. The summed E-state index contributed by atoms with van der Waals surface area (Å²) < 4.78 is 56.8. The molecule has 6 N–H and O–H groups in total. The van der Waals surface area contributed by atoms with Crippen molar-refractivity contribution >= 4 is 34.6 Å². The number of nitrogens with one attached hydrogen (secondary N) is 2. The van der Waals surface area contributed by atoms with E-state index in [2.05, 4.69) is 0 Å². The number of nitrogens with two attached hydrogens (primary N) is 2. The van der Waals surface area contributed by atoms with Gasteiger partial charge >= 0.3 is 11.8 Å². The van der Waals surface area contributed by atoms with E-state index in [-0.39, 0.29) is 11.3 Å². The second kappa shape index (κ2) is 9.55. The van der Waals surface area contributed by atoms with E-state index in [9.17, 15) is 47.4 Å². The molecule has 0 atom stereocenters. The first-order valence-electron chi connectivity index (χ1n) is 9.06. The first-order chi connectivity index (χ1) is 15.7. The Kier molecular flexibility index (Phi) is 7.24. The molecule has 0 aliphatic heterocycles. The van der Waals surface area contributed by atoms with Gasteiger partial charge in [-0.15, -0.1) is 0 Å². The topological polar surface area (TPSA) is 197 Å². The highest BCUT2D eigenvalue weighted by atomic mass is 19.3. The molecule has 0 fully saturated rings. The van der Waals surface area contributed by atoms with E-state index in [4.69, 9.17) is 11.5 Å². The van der Waals surface area contributed by atoms with E-state index in [0.717, 1.165) is 24.3 Å². The molecule has 2 amide bonds. The Morgan fingerprint density at radius 2 is 1.56 bits per heavy atom. The molecule has 2 aromatic carbocycles. The molecule has 16 heteroatoms. The van der Waals surface area contributed by atoms with Crippen LogP contribution in [0.3, 0.4) is 0 Å². The average Bonchev–Trinajstić information content (AvgIpc) is 2.75. The van der Waals surface area contributed by atoms with Gasteiger partial charge in [0.25, 0.3) is 17.3 Å². The molecule has 0 unspecified atom stereocenters. The third kappa shape index (κ3) is 5.64. The van der Waals surface area contributed by atoms with Crippen LogP contribution in [0.5, 0.6) is 0 Å². The zero-order valence-corrected chi connectivity index (χ0v) is 16.9. The minimum Gasteiger partial charge on any atom is -0.398 e. The molecule has 182 valence electrons. The van der Waals surface area contributed by atoms with Crippen molar-refractivity contribution in [2.24, 2.45) is 5.73 Å². The number of nitro groups is 2. The van der Waals surface area contributed by atoms with Crippen LogP contribution in [0.25, 0.3) is 0 Å². The number of nitro benzene ring substituents is 2. The largest absolute Gasteiger partial charge is 0.398 e. The van der Waals surface area contributed by atoms with Gasteiger partial charge in [-0.3, -0.25) is 29.8 Å². The van der Waals surface area contributed by atoms with Gasteiger partial charge in [0.2, 0.25) is 5.91 Å². The van der Waals surface area contributed by atoms with Crippen molar-refractivity contribution in [2.45, 2.75) is 11.8 Å². The normalized spacial score (nSPS) is 11.5. The van der Waals surface area contributed by atoms with Gasteiger partial charge in [-0.05, 0) is 18.2 Å². The van der Waals surface area contributed by atoms with Gasteiger partial charge in [0.05, 0.1) is 28.5 Å². The van der Waals surface area contributed by atoms with E-state index < -0.39 is 69.2 Å². The number of hydrogen-bond donors (Lipinski definition) is 4. The molecule has 0 saturated carbocycles. The number of non-ortho nitro benzene ring substituents is 1. The van der Waals surface area contributed by atoms with Gasteiger partial charge in [-0.2, -0.15) is 17.6 Å². The molecule has 0 spiro atoms. The number of nitrogens with zero attached hydrogens (tertiary/aromatic N) is 2. The van der Waals surface area contributed by atoms with Crippen molar-refractivity contribution in [2.75, 3.05) is 24.1 Å². The molecular formula is C18H16F4N6O6. The van der Waals surface area contributed by atoms with Crippen LogP contribution in [0.1, 0.15) is 20.7 Å². The maximum atomic E-state index is 14.2. The number of amides is 2. The standard InChI is InChI=1S/C18H16F4N6O6/c19-17(20,7-25-13-4-1-9(15(24)29)5-14(13)28(33)34)18(21,22)8-26-16(30)11-6-10(27(31)32)2-3-12(11)23/h1-6,25H,7-8,23H2,(H2,24,29)(H,26,30). The zero-order chi connectivity index (χ0) is 25.8. The lowest BCUT2D eigenvalue weighted by atomic mass is 10.1. The Labute approximate surface area is 187 Å². The van der Waals surface area contributed by atoms with Crippen molar-refractivity contribution in [3.8, 4) is 0 Å². The Bertz CT molecular complexity index is 1160. The van der Waals surface area contributed by atoms with Gasteiger partial charge in [-0.1, -0.05) is 0 Å². The molecule has 0 radical (unpaired) electrons. The van der Waals surface area contributed by atoms with Gasteiger partial charge in [0.1, 0.15) is 5.69 Å². The van der Waals surface area contributed by atoms with Crippen LogP contribution in [0, 0.1) is 20.2 Å². The highest BCUT2D eigenvalue weighted by Crippen LogP contribution is 2.35. The van der Waals surface area contributed by atoms with Crippen LogP contribution < -0.4 is 22.1 Å². The Balaban J connectivity index is 2.14. The predicted octanol–water partition coefficient (Wildman–Crippen LogP) is 2.30. The number of alkyl halides is 4. The maximum Gasteiger partial charge on any atom is 0.328 e. The van der Waals surface area contributed by atoms with Crippen LogP contribution >= 0.6 is 0 Å². The quantitative estimate of drug-likeness (QED) is 0.169. The minimum atomic E-state index is -4.85. The second-order valence-electron chi connectivity index (χ2n) is 6.83. The summed E-state index contributed by atoms with van der Waals surface area (Å²) in [6.45, 7) is -3.67. The van der Waals surface area contributed by atoms with Crippen LogP contribution in [0.2, 0.25) is 0 Å². The SMILES string of the molecule is NC(=O)c1ccc(NCC(F)(F)C(F)(F)CNC(=O)c2cc([N+](=O)[O-])ccc2N)c([N+](=O)[O-])c1. The van der Waals surface area contributed by atoms with E-state index in [0.29, 0.717) is 12.1 Å². The number of carbonyl (C=O) groups is 2. The fraction of sp³-hybridized carbons (Fsp3) is 0.222. The molecular weight excluding hydrogens is 472 g/mol. The van der Waals surface area contributed by atoms with Crippen LogP contribution in [-0.4, -0.2) is 46.6 Å². The number of halogens is 4.